The molecular weight excluding hydrogens is 364 g/mol. The fourth-order valence-corrected chi connectivity index (χ4v) is 3.88. The van der Waals surface area contributed by atoms with Gasteiger partial charge in [0.25, 0.3) is 0 Å². The Morgan fingerprint density at radius 1 is 1.21 bits per heavy atom. The Kier molecular flexibility index (Phi) is 4.52. The summed E-state index contributed by atoms with van der Waals surface area (Å²) in [5, 5.41) is 8.92. The summed E-state index contributed by atoms with van der Waals surface area (Å²) in [6.07, 6.45) is 5.89. The predicted octanol–water partition coefficient (Wildman–Crippen LogP) is 3.21. The highest BCUT2D eigenvalue weighted by Gasteiger charge is 2.19. The van der Waals surface area contributed by atoms with Crippen LogP contribution in [0.1, 0.15) is 18.4 Å². The lowest BCUT2D eigenvalue weighted by atomic mass is 9.99. The van der Waals surface area contributed by atoms with Crippen LogP contribution >= 0.6 is 0 Å². The number of rotatable bonds is 4. The first-order valence-electron chi connectivity index (χ1n) is 10.0. The van der Waals surface area contributed by atoms with E-state index in [2.05, 4.69) is 27.5 Å². The standard InChI is InChI=1S/C22H24N6O/c1-14-20(23)28-21(27-22(14)29-13-15-6-8-24-9-7-15)18(12-26-28)17-10-16-4-2-3-5-19(16)25-11-17/h2-5,10-12,15,24H,6-9,13,23H2,1H3. The van der Waals surface area contributed by atoms with E-state index in [1.165, 1.54) is 0 Å². The third-order valence-electron chi connectivity index (χ3n) is 5.70. The lowest BCUT2D eigenvalue weighted by molar-refractivity contribution is 0.208. The highest BCUT2D eigenvalue weighted by molar-refractivity contribution is 5.87. The Hall–Kier alpha value is -3.19. The molecule has 4 aromatic rings. The first kappa shape index (κ1) is 17.9. The molecular formula is C22H24N6O. The van der Waals surface area contributed by atoms with Gasteiger partial charge in [-0.1, -0.05) is 18.2 Å². The van der Waals surface area contributed by atoms with E-state index in [1.54, 1.807) is 10.7 Å². The number of nitrogen functional groups attached to an aromatic ring is 1. The summed E-state index contributed by atoms with van der Waals surface area (Å²) in [5.41, 5.74) is 10.7. The Morgan fingerprint density at radius 2 is 2.03 bits per heavy atom. The van der Waals surface area contributed by atoms with Crippen molar-refractivity contribution in [2.24, 2.45) is 5.92 Å². The first-order valence-corrected chi connectivity index (χ1v) is 10.0. The monoisotopic (exact) mass is 388 g/mol. The molecule has 29 heavy (non-hydrogen) atoms. The van der Waals surface area contributed by atoms with Crippen molar-refractivity contribution in [1.82, 2.24) is 24.9 Å². The molecule has 4 heterocycles. The van der Waals surface area contributed by atoms with Crippen molar-refractivity contribution in [3.8, 4) is 17.0 Å². The summed E-state index contributed by atoms with van der Waals surface area (Å²) in [4.78, 5) is 9.36. The largest absolute Gasteiger partial charge is 0.477 e. The number of nitrogens with one attached hydrogen (secondary N) is 1. The average Bonchev–Trinajstić information content (AvgIpc) is 3.19. The molecule has 0 saturated carbocycles. The number of pyridine rings is 1. The number of para-hydroxylation sites is 1. The molecule has 0 radical (unpaired) electrons. The van der Waals surface area contributed by atoms with Gasteiger partial charge in [-0.15, -0.1) is 0 Å². The zero-order valence-electron chi connectivity index (χ0n) is 16.4. The maximum Gasteiger partial charge on any atom is 0.222 e. The minimum atomic E-state index is 0.545. The van der Waals surface area contributed by atoms with Gasteiger partial charge in [0.05, 0.1) is 23.9 Å². The highest BCUT2D eigenvalue weighted by atomic mass is 16.5. The number of nitrogens with zero attached hydrogens (tertiary/aromatic N) is 4. The lowest BCUT2D eigenvalue weighted by Crippen LogP contribution is -2.30. The predicted molar refractivity (Wildman–Crippen MR) is 114 cm³/mol. The van der Waals surface area contributed by atoms with Crippen molar-refractivity contribution in [3.63, 3.8) is 0 Å². The van der Waals surface area contributed by atoms with Crippen LogP contribution in [0.15, 0.2) is 42.7 Å². The summed E-state index contributed by atoms with van der Waals surface area (Å²) in [6, 6.07) is 10.2. The van der Waals surface area contributed by atoms with Crippen LogP contribution in [0, 0.1) is 12.8 Å². The molecule has 0 bridgehead atoms. The van der Waals surface area contributed by atoms with E-state index in [9.17, 15) is 0 Å². The van der Waals surface area contributed by atoms with E-state index in [1.807, 2.05) is 31.3 Å². The molecule has 0 atom stereocenters. The first-order chi connectivity index (χ1) is 14.2. The van der Waals surface area contributed by atoms with Crippen LogP contribution in [0.4, 0.5) is 5.82 Å². The van der Waals surface area contributed by atoms with Crippen molar-refractivity contribution >= 4 is 22.4 Å². The molecule has 1 saturated heterocycles. The molecule has 7 heteroatoms. The molecule has 0 aliphatic carbocycles. The second-order valence-corrected chi connectivity index (χ2v) is 7.64. The van der Waals surface area contributed by atoms with E-state index in [4.69, 9.17) is 15.5 Å². The van der Waals surface area contributed by atoms with E-state index in [0.29, 0.717) is 29.9 Å². The maximum atomic E-state index is 6.36. The number of nitrogens with two attached hydrogens (primary N) is 1. The molecule has 1 aromatic carbocycles. The number of hydrogen-bond donors (Lipinski definition) is 2. The number of hydrogen-bond acceptors (Lipinski definition) is 6. The molecule has 3 N–H and O–H groups in total. The van der Waals surface area contributed by atoms with Crippen LogP contribution in [-0.2, 0) is 0 Å². The zero-order chi connectivity index (χ0) is 19.8. The fraction of sp³-hybridized carbons (Fsp3) is 0.318. The molecule has 1 aliphatic heterocycles. The smallest absolute Gasteiger partial charge is 0.222 e. The summed E-state index contributed by atoms with van der Waals surface area (Å²) >= 11 is 0. The van der Waals surface area contributed by atoms with Crippen LogP contribution in [0.25, 0.3) is 27.7 Å². The van der Waals surface area contributed by atoms with Gasteiger partial charge in [-0.25, -0.2) is 0 Å². The second kappa shape index (κ2) is 7.33. The van der Waals surface area contributed by atoms with Crippen molar-refractivity contribution in [2.75, 3.05) is 25.4 Å². The van der Waals surface area contributed by atoms with Crippen molar-refractivity contribution < 1.29 is 4.74 Å². The summed E-state index contributed by atoms with van der Waals surface area (Å²) in [5.74, 6) is 1.68. The van der Waals surface area contributed by atoms with E-state index < -0.39 is 0 Å². The van der Waals surface area contributed by atoms with Crippen LogP contribution in [0.2, 0.25) is 0 Å². The topological polar surface area (TPSA) is 90.4 Å². The molecule has 0 unspecified atom stereocenters. The Morgan fingerprint density at radius 3 is 2.90 bits per heavy atom. The van der Waals surface area contributed by atoms with Gasteiger partial charge < -0.3 is 15.8 Å². The number of anilines is 1. The zero-order valence-corrected chi connectivity index (χ0v) is 16.4. The summed E-state index contributed by atoms with van der Waals surface area (Å²) < 4.78 is 7.80. The Labute approximate surface area is 168 Å². The highest BCUT2D eigenvalue weighted by Crippen LogP contribution is 2.31. The average molecular weight is 388 g/mol. The van der Waals surface area contributed by atoms with Crippen molar-refractivity contribution in [1.29, 1.82) is 0 Å². The lowest BCUT2D eigenvalue weighted by Gasteiger charge is -2.23. The number of benzene rings is 1. The van der Waals surface area contributed by atoms with Crippen molar-refractivity contribution in [2.45, 2.75) is 19.8 Å². The Bertz CT molecular complexity index is 1180. The third kappa shape index (κ3) is 3.27. The summed E-state index contributed by atoms with van der Waals surface area (Å²) in [7, 11) is 0. The van der Waals surface area contributed by atoms with Crippen LogP contribution in [0.5, 0.6) is 5.88 Å². The van der Waals surface area contributed by atoms with Gasteiger partial charge in [-0.3, -0.25) is 4.98 Å². The summed E-state index contributed by atoms with van der Waals surface area (Å²) in [6.45, 7) is 4.68. The number of ether oxygens (including phenoxy) is 1. The maximum absolute atomic E-state index is 6.36. The third-order valence-corrected chi connectivity index (χ3v) is 5.70. The molecule has 148 valence electrons. The number of fused-ring (bicyclic) bond motifs is 2. The second-order valence-electron chi connectivity index (χ2n) is 7.64. The number of aromatic nitrogens is 4. The van der Waals surface area contributed by atoms with Gasteiger partial charge >= 0.3 is 0 Å². The Balaban J connectivity index is 1.53. The van der Waals surface area contributed by atoms with Gasteiger partial charge in [-0.2, -0.15) is 14.6 Å². The molecule has 3 aromatic heterocycles. The van der Waals surface area contributed by atoms with E-state index in [0.717, 1.165) is 53.5 Å². The molecule has 7 nitrogen and oxygen atoms in total. The normalized spacial score (nSPS) is 15.2. The molecule has 5 rings (SSSR count). The van der Waals surface area contributed by atoms with Gasteiger partial charge in [0, 0.05) is 22.7 Å². The molecule has 1 fully saturated rings. The van der Waals surface area contributed by atoms with Crippen molar-refractivity contribution in [3.05, 3.63) is 48.3 Å². The van der Waals surface area contributed by atoms with Gasteiger partial charge in [0.2, 0.25) is 5.88 Å². The SMILES string of the molecule is Cc1c(OCC2CCNCC2)nc2c(-c3cnc4ccccc4c3)cnn2c1N. The quantitative estimate of drug-likeness (QED) is 0.558. The minimum absolute atomic E-state index is 0.545. The minimum Gasteiger partial charge on any atom is -0.477 e. The number of piperidine rings is 1. The van der Waals surface area contributed by atoms with Gasteiger partial charge in [-0.05, 0) is 50.9 Å². The van der Waals surface area contributed by atoms with E-state index in [-0.39, 0.29) is 0 Å². The molecule has 1 aliphatic rings. The van der Waals surface area contributed by atoms with E-state index >= 15 is 0 Å². The van der Waals surface area contributed by atoms with Gasteiger partial charge in [0.1, 0.15) is 5.82 Å². The van der Waals surface area contributed by atoms with Crippen LogP contribution < -0.4 is 15.8 Å². The molecule has 0 spiro atoms. The van der Waals surface area contributed by atoms with Crippen LogP contribution in [-0.4, -0.2) is 39.3 Å². The molecule has 0 amide bonds. The van der Waals surface area contributed by atoms with Crippen LogP contribution in [0.3, 0.4) is 0 Å². The van der Waals surface area contributed by atoms with Gasteiger partial charge in [0.15, 0.2) is 5.65 Å². The fourth-order valence-electron chi connectivity index (χ4n) is 3.88.